The molecule has 1 aliphatic heterocycles. The molecule has 0 aliphatic carbocycles. The number of methoxy groups -OCH3 is 1. The second-order valence-electron chi connectivity index (χ2n) is 9.15. The molecule has 0 spiro atoms. The molecule has 4 amide bonds. The van der Waals surface area contributed by atoms with E-state index < -0.39 is 29.9 Å². The van der Waals surface area contributed by atoms with Crippen LogP contribution in [0.4, 0.5) is 16.2 Å². The molecule has 202 valence electrons. The van der Waals surface area contributed by atoms with Crippen molar-refractivity contribution in [2.24, 2.45) is 0 Å². The van der Waals surface area contributed by atoms with E-state index in [1.807, 2.05) is 43.3 Å². The van der Waals surface area contributed by atoms with Crippen LogP contribution in [-0.2, 0) is 20.7 Å². The Morgan fingerprint density at radius 1 is 0.923 bits per heavy atom. The van der Waals surface area contributed by atoms with Crippen molar-refractivity contribution in [3.05, 3.63) is 89.5 Å². The summed E-state index contributed by atoms with van der Waals surface area (Å²) in [6.45, 7) is 4.16. The van der Waals surface area contributed by atoms with Gasteiger partial charge in [0.25, 0.3) is 5.91 Å². The van der Waals surface area contributed by atoms with Crippen molar-refractivity contribution < 1.29 is 28.7 Å². The maximum Gasteiger partial charge on any atom is 0.338 e. The minimum absolute atomic E-state index is 0.213. The van der Waals surface area contributed by atoms with E-state index in [2.05, 4.69) is 5.32 Å². The van der Waals surface area contributed by atoms with Gasteiger partial charge in [-0.1, -0.05) is 29.8 Å². The summed E-state index contributed by atoms with van der Waals surface area (Å²) in [5.74, 6) is -0.604. The largest absolute Gasteiger partial charge is 0.497 e. The SMILES string of the molecule is CCOC(=O)c1ccc(NC(=O)CC2C(=O)N(c3ccc(C)cc3)C(=O)N2CCc2ccc(OC)cc2)cc1. The van der Waals surface area contributed by atoms with Gasteiger partial charge in [0.1, 0.15) is 11.8 Å². The minimum Gasteiger partial charge on any atom is -0.497 e. The van der Waals surface area contributed by atoms with Gasteiger partial charge in [0.2, 0.25) is 5.91 Å². The number of esters is 1. The van der Waals surface area contributed by atoms with Crippen molar-refractivity contribution in [3.8, 4) is 5.75 Å². The molecule has 0 saturated carbocycles. The summed E-state index contributed by atoms with van der Waals surface area (Å²) in [5, 5.41) is 2.76. The minimum atomic E-state index is -0.962. The molecule has 1 N–H and O–H groups in total. The lowest BCUT2D eigenvalue weighted by atomic mass is 10.1. The molecule has 9 nitrogen and oxygen atoms in total. The van der Waals surface area contributed by atoms with Crippen LogP contribution in [0.2, 0.25) is 0 Å². The molecule has 39 heavy (non-hydrogen) atoms. The molecule has 1 heterocycles. The first kappa shape index (κ1) is 27.4. The zero-order chi connectivity index (χ0) is 27.9. The van der Waals surface area contributed by atoms with Gasteiger partial charge in [0.15, 0.2) is 0 Å². The third-order valence-electron chi connectivity index (χ3n) is 6.47. The summed E-state index contributed by atoms with van der Waals surface area (Å²) < 4.78 is 10.2. The lowest BCUT2D eigenvalue weighted by molar-refractivity contribution is -0.124. The third-order valence-corrected chi connectivity index (χ3v) is 6.47. The second kappa shape index (κ2) is 12.3. The van der Waals surface area contributed by atoms with Gasteiger partial charge in [0.05, 0.1) is 31.4 Å². The number of aryl methyl sites for hydroxylation is 1. The smallest absolute Gasteiger partial charge is 0.338 e. The Labute approximate surface area is 227 Å². The Morgan fingerprint density at radius 3 is 2.21 bits per heavy atom. The molecule has 0 bridgehead atoms. The highest BCUT2D eigenvalue weighted by Gasteiger charge is 2.46. The molecule has 1 fully saturated rings. The van der Waals surface area contributed by atoms with Gasteiger partial charge in [-0.25, -0.2) is 14.5 Å². The van der Waals surface area contributed by atoms with Crippen molar-refractivity contribution in [1.82, 2.24) is 4.90 Å². The molecular weight excluding hydrogens is 498 g/mol. The lowest BCUT2D eigenvalue weighted by Gasteiger charge is -2.21. The van der Waals surface area contributed by atoms with E-state index in [1.165, 1.54) is 4.90 Å². The number of benzene rings is 3. The van der Waals surface area contributed by atoms with E-state index in [0.29, 0.717) is 23.4 Å². The number of amides is 4. The predicted molar refractivity (Wildman–Crippen MR) is 147 cm³/mol. The Kier molecular flexibility index (Phi) is 8.60. The van der Waals surface area contributed by atoms with E-state index >= 15 is 0 Å². The maximum atomic E-state index is 13.5. The summed E-state index contributed by atoms with van der Waals surface area (Å²) in [4.78, 5) is 54.4. The van der Waals surface area contributed by atoms with Gasteiger partial charge >= 0.3 is 12.0 Å². The Hall–Kier alpha value is -4.66. The molecule has 0 aromatic heterocycles. The highest BCUT2D eigenvalue weighted by Crippen LogP contribution is 2.28. The summed E-state index contributed by atoms with van der Waals surface area (Å²) >= 11 is 0. The first-order chi connectivity index (χ1) is 18.8. The van der Waals surface area contributed by atoms with Crippen molar-refractivity contribution in [1.29, 1.82) is 0 Å². The number of hydrogen-bond donors (Lipinski definition) is 1. The molecule has 1 atom stereocenters. The van der Waals surface area contributed by atoms with Crippen molar-refractivity contribution in [2.75, 3.05) is 30.5 Å². The summed E-state index contributed by atoms with van der Waals surface area (Å²) in [6, 6.07) is 19.4. The molecule has 1 saturated heterocycles. The number of nitrogens with one attached hydrogen (secondary N) is 1. The zero-order valence-corrected chi connectivity index (χ0v) is 22.2. The second-order valence-corrected chi connectivity index (χ2v) is 9.15. The molecular formula is C30H31N3O6. The van der Waals surface area contributed by atoms with Gasteiger partial charge in [-0.2, -0.15) is 0 Å². The highest BCUT2D eigenvalue weighted by atomic mass is 16.5. The first-order valence-electron chi connectivity index (χ1n) is 12.7. The molecule has 1 aliphatic rings. The van der Waals surface area contributed by atoms with Crippen LogP contribution >= 0.6 is 0 Å². The van der Waals surface area contributed by atoms with Crippen molar-refractivity contribution in [3.63, 3.8) is 0 Å². The summed E-state index contributed by atoms with van der Waals surface area (Å²) in [5.41, 5.74) is 3.26. The Balaban J connectivity index is 1.50. The lowest BCUT2D eigenvalue weighted by Crippen LogP contribution is -2.39. The number of nitrogens with zero attached hydrogens (tertiary/aromatic N) is 2. The Morgan fingerprint density at radius 2 is 1.59 bits per heavy atom. The fourth-order valence-electron chi connectivity index (χ4n) is 4.35. The van der Waals surface area contributed by atoms with Gasteiger partial charge < -0.3 is 19.7 Å². The number of hydrogen-bond acceptors (Lipinski definition) is 6. The normalized spacial score (nSPS) is 14.9. The van der Waals surface area contributed by atoms with Crippen LogP contribution in [0.15, 0.2) is 72.8 Å². The Bertz CT molecular complexity index is 1340. The third kappa shape index (κ3) is 6.43. The number of carbonyl (C=O) groups excluding carboxylic acids is 4. The number of carbonyl (C=O) groups is 4. The molecule has 4 rings (SSSR count). The number of ether oxygens (including phenoxy) is 2. The molecule has 3 aromatic rings. The molecule has 9 heteroatoms. The highest BCUT2D eigenvalue weighted by molar-refractivity contribution is 6.22. The fourth-order valence-corrected chi connectivity index (χ4v) is 4.35. The average molecular weight is 530 g/mol. The summed E-state index contributed by atoms with van der Waals surface area (Å²) in [6.07, 6.45) is 0.285. The van der Waals surface area contributed by atoms with Crippen molar-refractivity contribution >= 4 is 35.2 Å². The van der Waals surface area contributed by atoms with Crippen LogP contribution in [0.5, 0.6) is 5.75 Å². The van der Waals surface area contributed by atoms with Crippen LogP contribution in [0.1, 0.15) is 34.8 Å². The van der Waals surface area contributed by atoms with Gasteiger partial charge in [0, 0.05) is 12.2 Å². The number of anilines is 2. The zero-order valence-electron chi connectivity index (χ0n) is 22.2. The maximum absolute atomic E-state index is 13.5. The molecule has 1 unspecified atom stereocenters. The van der Waals surface area contributed by atoms with Crippen molar-refractivity contribution in [2.45, 2.75) is 32.7 Å². The van der Waals surface area contributed by atoms with E-state index in [1.54, 1.807) is 50.4 Å². The quantitative estimate of drug-likeness (QED) is 0.304. The fraction of sp³-hybridized carbons (Fsp3) is 0.267. The summed E-state index contributed by atoms with van der Waals surface area (Å²) in [7, 11) is 1.59. The monoisotopic (exact) mass is 529 g/mol. The van der Waals surface area contributed by atoms with E-state index in [9.17, 15) is 19.2 Å². The molecule has 0 radical (unpaired) electrons. The van der Waals surface area contributed by atoms with E-state index in [4.69, 9.17) is 9.47 Å². The number of rotatable bonds is 10. The standard InChI is InChI=1S/C30H31N3O6/c1-4-39-29(36)22-9-11-23(12-10-22)31-27(34)19-26-28(35)33(24-13-5-20(2)6-14-24)30(37)32(26)18-17-21-7-15-25(38-3)16-8-21/h5-16,26H,4,17-19H2,1-3H3,(H,31,34). The van der Waals surface area contributed by atoms with Crippen LogP contribution < -0.4 is 15.0 Å². The van der Waals surface area contributed by atoms with Crippen LogP contribution in [0.25, 0.3) is 0 Å². The van der Waals surface area contributed by atoms with E-state index in [-0.39, 0.29) is 19.6 Å². The number of imide groups is 1. The van der Waals surface area contributed by atoms with Gasteiger partial charge in [-0.3, -0.25) is 9.59 Å². The van der Waals surface area contributed by atoms with Crippen LogP contribution in [-0.4, -0.2) is 55.0 Å². The van der Waals surface area contributed by atoms with Gasteiger partial charge in [-0.05, 0) is 74.4 Å². The average Bonchev–Trinajstić information content (AvgIpc) is 3.16. The number of urea groups is 1. The topological polar surface area (TPSA) is 105 Å². The van der Waals surface area contributed by atoms with Crippen LogP contribution in [0, 0.1) is 6.92 Å². The molecule has 3 aromatic carbocycles. The van der Waals surface area contributed by atoms with E-state index in [0.717, 1.165) is 21.8 Å². The first-order valence-corrected chi connectivity index (χ1v) is 12.7. The van der Waals surface area contributed by atoms with Crippen LogP contribution in [0.3, 0.4) is 0 Å². The van der Waals surface area contributed by atoms with Gasteiger partial charge in [-0.15, -0.1) is 0 Å². The predicted octanol–water partition coefficient (Wildman–Crippen LogP) is 4.59.